The SMILES string of the molecule is CC/C=C\C/C=C\C/C=C\C/C=C\C/C=C\C/C=C\CCC(=O)OCC(COC(=O)CCCCCCCC/C=C\C=C/CCCCC)OC(=O)CCC/C=C\C/C=C\C/C=C\C/C=C\CCCCC. The maximum atomic E-state index is 12.8. The number of carbonyl (C=O) groups is 3. The maximum Gasteiger partial charge on any atom is 0.306 e. The van der Waals surface area contributed by atoms with Crippen molar-refractivity contribution >= 4 is 17.9 Å². The predicted molar refractivity (Wildman–Crippen MR) is 297 cm³/mol. The smallest absolute Gasteiger partial charge is 0.306 e. The Hall–Kier alpha value is -4.71. The van der Waals surface area contributed by atoms with E-state index in [1.165, 1.54) is 57.8 Å². The molecule has 6 heteroatoms. The summed E-state index contributed by atoms with van der Waals surface area (Å²) >= 11 is 0. The van der Waals surface area contributed by atoms with Gasteiger partial charge in [-0.1, -0.05) is 218 Å². The van der Waals surface area contributed by atoms with Crippen LogP contribution < -0.4 is 0 Å². The monoisotopic (exact) mass is 951 g/mol. The number of hydrogen-bond acceptors (Lipinski definition) is 6. The van der Waals surface area contributed by atoms with Gasteiger partial charge in [0.1, 0.15) is 13.2 Å². The Kier molecular flexibility index (Phi) is 52.1. The van der Waals surface area contributed by atoms with Crippen molar-refractivity contribution in [3.8, 4) is 0 Å². The highest BCUT2D eigenvalue weighted by Crippen LogP contribution is 2.11. The molecule has 0 bridgehead atoms. The highest BCUT2D eigenvalue weighted by atomic mass is 16.6. The van der Waals surface area contributed by atoms with Gasteiger partial charge in [-0.2, -0.15) is 0 Å². The fourth-order valence-electron chi connectivity index (χ4n) is 6.74. The van der Waals surface area contributed by atoms with Gasteiger partial charge >= 0.3 is 17.9 Å². The zero-order valence-electron chi connectivity index (χ0n) is 44.0. The summed E-state index contributed by atoms with van der Waals surface area (Å²) in [5.41, 5.74) is 0. The molecule has 0 heterocycles. The van der Waals surface area contributed by atoms with Crippen molar-refractivity contribution in [2.45, 2.75) is 219 Å². The normalized spacial score (nSPS) is 13.3. The lowest BCUT2D eigenvalue weighted by Gasteiger charge is -2.18. The van der Waals surface area contributed by atoms with Gasteiger partial charge < -0.3 is 14.2 Å². The second-order valence-corrected chi connectivity index (χ2v) is 17.4. The summed E-state index contributed by atoms with van der Waals surface area (Å²) in [5.74, 6) is -1.10. The lowest BCUT2D eigenvalue weighted by atomic mass is 10.1. The van der Waals surface area contributed by atoms with E-state index < -0.39 is 12.1 Å². The summed E-state index contributed by atoms with van der Waals surface area (Å²) in [6.07, 6.45) is 79.9. The number of esters is 3. The van der Waals surface area contributed by atoms with Crippen molar-refractivity contribution in [3.63, 3.8) is 0 Å². The molecule has 0 aliphatic rings. The van der Waals surface area contributed by atoms with Gasteiger partial charge in [-0.15, -0.1) is 0 Å². The van der Waals surface area contributed by atoms with Crippen LogP contribution in [-0.2, 0) is 28.6 Å². The van der Waals surface area contributed by atoms with Crippen molar-refractivity contribution in [1.29, 1.82) is 0 Å². The molecule has 1 atom stereocenters. The minimum atomic E-state index is -0.849. The average molecular weight is 951 g/mol. The van der Waals surface area contributed by atoms with E-state index in [-0.39, 0.29) is 38.0 Å². The molecule has 0 aromatic carbocycles. The summed E-state index contributed by atoms with van der Waals surface area (Å²) in [4.78, 5) is 38.0. The average Bonchev–Trinajstić information content (AvgIpc) is 3.35. The summed E-state index contributed by atoms with van der Waals surface area (Å²) in [6.45, 7) is 6.32. The fraction of sp³-hybridized carbons (Fsp3) is 0.571. The van der Waals surface area contributed by atoms with Crippen molar-refractivity contribution in [3.05, 3.63) is 146 Å². The first kappa shape index (κ1) is 64.3. The van der Waals surface area contributed by atoms with Crippen LogP contribution in [-0.4, -0.2) is 37.2 Å². The van der Waals surface area contributed by atoms with E-state index in [4.69, 9.17) is 14.2 Å². The largest absolute Gasteiger partial charge is 0.462 e. The molecule has 0 saturated heterocycles. The van der Waals surface area contributed by atoms with E-state index in [0.29, 0.717) is 19.3 Å². The van der Waals surface area contributed by atoms with Crippen molar-refractivity contribution in [1.82, 2.24) is 0 Å². The molecule has 0 aliphatic heterocycles. The molecule has 386 valence electrons. The number of unbranched alkanes of at least 4 members (excludes halogenated alkanes) is 13. The first-order valence-electron chi connectivity index (χ1n) is 27.4. The third kappa shape index (κ3) is 54.1. The first-order valence-corrected chi connectivity index (χ1v) is 27.4. The van der Waals surface area contributed by atoms with Crippen LogP contribution >= 0.6 is 0 Å². The molecule has 0 fully saturated rings. The molecule has 69 heavy (non-hydrogen) atoms. The van der Waals surface area contributed by atoms with Crippen molar-refractivity contribution in [2.24, 2.45) is 0 Å². The molecular formula is C63H98O6. The number of hydrogen-bond donors (Lipinski definition) is 0. The van der Waals surface area contributed by atoms with Gasteiger partial charge in [-0.05, 0) is 122 Å². The van der Waals surface area contributed by atoms with E-state index in [2.05, 4.69) is 154 Å². The molecule has 0 amide bonds. The lowest BCUT2D eigenvalue weighted by molar-refractivity contribution is -0.166. The van der Waals surface area contributed by atoms with Crippen LogP contribution in [0.25, 0.3) is 0 Å². The molecule has 0 aliphatic carbocycles. The van der Waals surface area contributed by atoms with Gasteiger partial charge in [0.25, 0.3) is 0 Å². The Bertz CT molecular complexity index is 1560. The molecule has 0 saturated carbocycles. The molecule has 0 rings (SSSR count). The van der Waals surface area contributed by atoms with Crippen LogP contribution in [0.4, 0.5) is 0 Å². The molecule has 0 spiro atoms. The quantitative estimate of drug-likeness (QED) is 0.0199. The van der Waals surface area contributed by atoms with Gasteiger partial charge in [0.05, 0.1) is 0 Å². The summed E-state index contributed by atoms with van der Waals surface area (Å²) < 4.78 is 16.7. The summed E-state index contributed by atoms with van der Waals surface area (Å²) in [7, 11) is 0. The van der Waals surface area contributed by atoms with Crippen LogP contribution in [0.2, 0.25) is 0 Å². The number of allylic oxidation sites excluding steroid dienone is 24. The Morgan fingerprint density at radius 1 is 0.319 bits per heavy atom. The standard InChI is InChI=1S/C63H98O6/c1-4-7-10-13-16-19-22-25-28-30-31-33-35-38-41-44-47-50-53-56-62(65)68-59-60(58-67-61(64)55-52-49-46-43-40-37-34-27-24-21-18-15-12-9-6-3)69-63(66)57-54-51-48-45-42-39-36-32-29-26-23-20-17-14-11-8-5-2/h7,10,16-21,24-29,31,33,36,38-39,41,45,47-48,50,60H,4-6,8-9,11-15,22-23,30,32,34-35,37,40,42-44,46,49,51-59H2,1-3H3/b10-7-,19-16-,20-17-,21-18-,27-24-,28-25-,29-26-,33-31-,39-36-,41-38-,48-45-,50-47-. The highest BCUT2D eigenvalue weighted by molar-refractivity contribution is 5.71. The zero-order chi connectivity index (χ0) is 50.0. The molecule has 0 aromatic rings. The summed E-state index contributed by atoms with van der Waals surface area (Å²) in [6, 6.07) is 0. The Morgan fingerprint density at radius 3 is 1.10 bits per heavy atom. The Morgan fingerprint density at radius 2 is 0.652 bits per heavy atom. The van der Waals surface area contributed by atoms with Crippen molar-refractivity contribution in [2.75, 3.05) is 13.2 Å². The number of rotatable bonds is 47. The first-order chi connectivity index (χ1) is 34.0. The van der Waals surface area contributed by atoms with Crippen LogP contribution in [0.1, 0.15) is 213 Å². The van der Waals surface area contributed by atoms with Crippen LogP contribution in [0, 0.1) is 0 Å². The summed E-state index contributed by atoms with van der Waals surface area (Å²) in [5, 5.41) is 0. The van der Waals surface area contributed by atoms with E-state index in [1.54, 1.807) is 0 Å². The molecule has 6 nitrogen and oxygen atoms in total. The minimum absolute atomic E-state index is 0.135. The van der Waals surface area contributed by atoms with E-state index in [0.717, 1.165) is 103 Å². The van der Waals surface area contributed by atoms with Crippen molar-refractivity contribution < 1.29 is 28.6 Å². The van der Waals surface area contributed by atoms with E-state index in [1.807, 2.05) is 12.2 Å². The second kappa shape index (κ2) is 55.9. The molecule has 1 unspecified atom stereocenters. The Labute approximate surface area is 423 Å². The van der Waals surface area contributed by atoms with E-state index >= 15 is 0 Å². The third-order valence-corrected chi connectivity index (χ3v) is 10.8. The van der Waals surface area contributed by atoms with Gasteiger partial charge in [0.2, 0.25) is 0 Å². The lowest BCUT2D eigenvalue weighted by Crippen LogP contribution is -2.30. The van der Waals surface area contributed by atoms with Crippen LogP contribution in [0.5, 0.6) is 0 Å². The van der Waals surface area contributed by atoms with Gasteiger partial charge in [-0.25, -0.2) is 0 Å². The molecule has 0 aromatic heterocycles. The molecule has 0 radical (unpaired) electrons. The van der Waals surface area contributed by atoms with Crippen LogP contribution in [0.3, 0.4) is 0 Å². The fourth-order valence-corrected chi connectivity index (χ4v) is 6.74. The van der Waals surface area contributed by atoms with Gasteiger partial charge in [0, 0.05) is 19.3 Å². The van der Waals surface area contributed by atoms with Gasteiger partial charge in [0.15, 0.2) is 6.10 Å². The minimum Gasteiger partial charge on any atom is -0.462 e. The zero-order valence-corrected chi connectivity index (χ0v) is 44.0. The second-order valence-electron chi connectivity index (χ2n) is 17.4. The Balaban J connectivity index is 4.64. The van der Waals surface area contributed by atoms with Gasteiger partial charge in [-0.3, -0.25) is 14.4 Å². The number of ether oxygens (including phenoxy) is 3. The molecular weight excluding hydrogens is 853 g/mol. The van der Waals surface area contributed by atoms with Crippen LogP contribution in [0.15, 0.2) is 146 Å². The number of carbonyl (C=O) groups excluding carboxylic acids is 3. The topological polar surface area (TPSA) is 78.9 Å². The highest BCUT2D eigenvalue weighted by Gasteiger charge is 2.19. The van der Waals surface area contributed by atoms with E-state index in [9.17, 15) is 14.4 Å². The maximum absolute atomic E-state index is 12.8. The third-order valence-electron chi connectivity index (χ3n) is 10.8. The molecule has 0 N–H and O–H groups in total. The predicted octanol–water partition coefficient (Wildman–Crippen LogP) is 18.4.